The highest BCUT2D eigenvalue weighted by Crippen LogP contribution is 2.54. The number of halogens is 2. The number of aliphatic hydroxyl groups is 1. The van der Waals surface area contributed by atoms with Gasteiger partial charge in [-0.2, -0.15) is 9.97 Å². The minimum absolute atomic E-state index is 0.0306. The van der Waals surface area contributed by atoms with Gasteiger partial charge >= 0.3 is 20.1 Å². The second-order valence-electron chi connectivity index (χ2n) is 9.79. The molecule has 1 saturated heterocycles. The van der Waals surface area contributed by atoms with Crippen LogP contribution in [0.1, 0.15) is 47.8 Å². The topological polar surface area (TPSA) is 224 Å². The number of carbonyl (C=O) groups excluding carboxylic acids is 2. The molecule has 1 aliphatic heterocycles. The van der Waals surface area contributed by atoms with E-state index in [1.165, 1.54) is 27.7 Å². The SMILES string of the molecule is CCOc1nc(N)nc2c1ncn2C1O[C@](F)(COP(=O)(OCOC(=O)OC(C)C)OCOC(=O)OC(C)C)[C@@H](O)[C@@]1(C)F. The van der Waals surface area contributed by atoms with Crippen molar-refractivity contribution in [3.8, 4) is 5.88 Å². The number of fused-ring (bicyclic) bond motifs is 1. The van der Waals surface area contributed by atoms with Crippen LogP contribution in [0.2, 0.25) is 0 Å². The molecule has 0 bridgehead atoms. The molecule has 2 aromatic heterocycles. The Bertz CT molecular complexity index is 1330. The van der Waals surface area contributed by atoms with Crippen LogP contribution in [0.5, 0.6) is 5.88 Å². The minimum Gasteiger partial charge on any atom is -0.476 e. The molecule has 0 spiro atoms. The first-order valence-electron chi connectivity index (χ1n) is 13.1. The van der Waals surface area contributed by atoms with E-state index in [4.69, 9.17) is 38.3 Å². The van der Waals surface area contributed by atoms with E-state index in [-0.39, 0.29) is 29.6 Å². The maximum absolute atomic E-state index is 16.0. The zero-order valence-electron chi connectivity index (χ0n) is 24.6. The number of hydrogen-bond donors (Lipinski definition) is 2. The summed E-state index contributed by atoms with van der Waals surface area (Å²) in [5.74, 6) is -3.70. The van der Waals surface area contributed by atoms with Gasteiger partial charge in [-0.15, -0.1) is 0 Å². The van der Waals surface area contributed by atoms with E-state index in [9.17, 15) is 19.3 Å². The lowest BCUT2D eigenvalue weighted by Crippen LogP contribution is -2.46. The van der Waals surface area contributed by atoms with Crippen molar-refractivity contribution in [2.75, 3.05) is 32.5 Å². The molecule has 3 N–H and O–H groups in total. The third-order valence-corrected chi connectivity index (χ3v) is 6.82. The van der Waals surface area contributed by atoms with E-state index in [0.717, 1.165) is 17.8 Å². The predicted molar refractivity (Wildman–Crippen MR) is 141 cm³/mol. The molecule has 0 radical (unpaired) electrons. The summed E-state index contributed by atoms with van der Waals surface area (Å²) < 4.78 is 90.1. The number of rotatable bonds is 14. The summed E-state index contributed by atoms with van der Waals surface area (Å²) in [4.78, 5) is 35.2. The van der Waals surface area contributed by atoms with Gasteiger partial charge in [0.15, 0.2) is 29.2 Å². The molecule has 0 aromatic carbocycles. The molecule has 0 aliphatic carbocycles. The van der Waals surface area contributed by atoms with Crippen molar-refractivity contribution in [1.82, 2.24) is 19.5 Å². The Balaban J connectivity index is 1.80. The first kappa shape index (κ1) is 35.1. The Labute approximate surface area is 249 Å². The fourth-order valence-corrected chi connectivity index (χ4v) is 4.61. The fourth-order valence-electron chi connectivity index (χ4n) is 3.69. The first-order valence-corrected chi connectivity index (χ1v) is 14.5. The largest absolute Gasteiger partial charge is 0.510 e. The summed E-state index contributed by atoms with van der Waals surface area (Å²) in [6.07, 6.45) is -7.03. The second kappa shape index (κ2) is 14.1. The maximum atomic E-state index is 16.0. The number of nitrogens with zero attached hydrogens (tertiary/aromatic N) is 4. The molecule has 4 atom stereocenters. The number of imidazole rings is 1. The Hall–Kier alpha value is -3.42. The number of anilines is 1. The Morgan fingerprint density at radius 3 is 2.18 bits per heavy atom. The summed E-state index contributed by atoms with van der Waals surface area (Å²) in [6, 6.07) is 0. The molecular formula is C23H34F2N5O13P. The van der Waals surface area contributed by atoms with Gasteiger partial charge in [-0.25, -0.2) is 37.0 Å². The molecule has 0 saturated carbocycles. The molecule has 3 heterocycles. The number of hydrogen-bond acceptors (Lipinski definition) is 17. The number of phosphoric acid groups is 1. The van der Waals surface area contributed by atoms with Crippen molar-refractivity contribution in [1.29, 1.82) is 0 Å². The third kappa shape index (κ3) is 8.39. The molecule has 0 amide bonds. The normalized spacial score (nSPS) is 23.7. The summed E-state index contributed by atoms with van der Waals surface area (Å²) in [5.41, 5.74) is 2.78. The van der Waals surface area contributed by atoms with Crippen molar-refractivity contribution in [2.24, 2.45) is 0 Å². The molecule has 1 unspecified atom stereocenters. The Morgan fingerprint density at radius 2 is 1.66 bits per heavy atom. The van der Waals surface area contributed by atoms with Crippen LogP contribution >= 0.6 is 7.82 Å². The smallest absolute Gasteiger partial charge is 0.476 e. The van der Waals surface area contributed by atoms with Gasteiger partial charge < -0.3 is 39.3 Å². The van der Waals surface area contributed by atoms with Gasteiger partial charge in [-0.1, -0.05) is 0 Å². The molecule has 2 aromatic rings. The first-order chi connectivity index (χ1) is 20.5. The standard InChI is InChI=1S/C23H34F2N5O13P/c1-7-35-16-14-15(28-19(26)29-16)30(9-27-14)18-22(6,24)17(31)23(25,43-18)8-38-44(34,39-10-36-20(32)41-12(2)3)40-11-37-21(33)42-13(4)5/h9,12-13,17-18,31H,7-8,10-11H2,1-6H3,(H2,26,28,29)/t17-,18?,22+,23+/m0/s1. The number of carbonyl (C=O) groups is 2. The van der Waals surface area contributed by atoms with Gasteiger partial charge in [0, 0.05) is 0 Å². The second-order valence-corrected chi connectivity index (χ2v) is 11.5. The quantitative estimate of drug-likeness (QED) is 0.169. The van der Waals surface area contributed by atoms with Crippen molar-refractivity contribution >= 4 is 37.2 Å². The predicted octanol–water partition coefficient (Wildman–Crippen LogP) is 3.29. The van der Waals surface area contributed by atoms with Crippen LogP contribution in [-0.4, -0.2) is 93.6 Å². The van der Waals surface area contributed by atoms with Crippen LogP contribution in [0.15, 0.2) is 6.33 Å². The van der Waals surface area contributed by atoms with Crippen molar-refractivity contribution < 1.29 is 70.0 Å². The molecule has 1 fully saturated rings. The average molecular weight is 658 g/mol. The van der Waals surface area contributed by atoms with Crippen LogP contribution in [-0.2, 0) is 41.8 Å². The molecule has 18 nitrogen and oxygen atoms in total. The van der Waals surface area contributed by atoms with E-state index in [1.54, 1.807) is 6.92 Å². The lowest BCUT2D eigenvalue weighted by molar-refractivity contribution is -0.205. The lowest BCUT2D eigenvalue weighted by atomic mass is 9.97. The molecular weight excluding hydrogens is 623 g/mol. The zero-order chi connectivity index (χ0) is 32.9. The zero-order valence-corrected chi connectivity index (χ0v) is 25.5. The maximum Gasteiger partial charge on any atom is 0.510 e. The van der Waals surface area contributed by atoms with Gasteiger partial charge in [-0.05, 0) is 41.5 Å². The van der Waals surface area contributed by atoms with E-state index < -0.39 is 76.4 Å². The molecule has 3 rings (SSSR count). The van der Waals surface area contributed by atoms with Crippen molar-refractivity contribution in [2.45, 2.75) is 77.6 Å². The highest BCUT2D eigenvalue weighted by atomic mass is 31.2. The Morgan fingerprint density at radius 1 is 1.09 bits per heavy atom. The monoisotopic (exact) mass is 657 g/mol. The van der Waals surface area contributed by atoms with Gasteiger partial charge in [0.25, 0.3) is 5.85 Å². The number of nitrogen functional groups attached to an aromatic ring is 1. The number of nitrogens with two attached hydrogens (primary N) is 1. The van der Waals surface area contributed by atoms with E-state index in [0.29, 0.717) is 0 Å². The molecule has 21 heteroatoms. The molecule has 248 valence electrons. The van der Waals surface area contributed by atoms with Gasteiger partial charge in [-0.3, -0.25) is 9.09 Å². The summed E-state index contributed by atoms with van der Waals surface area (Å²) in [7, 11) is -5.00. The van der Waals surface area contributed by atoms with Crippen LogP contribution in [0, 0.1) is 0 Å². The van der Waals surface area contributed by atoms with Gasteiger partial charge in [0.05, 0.1) is 25.1 Å². The van der Waals surface area contributed by atoms with Crippen LogP contribution in [0.3, 0.4) is 0 Å². The average Bonchev–Trinajstić information content (AvgIpc) is 3.39. The molecule has 44 heavy (non-hydrogen) atoms. The molecule has 1 aliphatic rings. The minimum atomic E-state index is -5.00. The highest BCUT2D eigenvalue weighted by Gasteiger charge is 2.65. The summed E-state index contributed by atoms with van der Waals surface area (Å²) >= 11 is 0. The van der Waals surface area contributed by atoms with Crippen LogP contribution in [0.25, 0.3) is 11.2 Å². The third-order valence-electron chi connectivity index (χ3n) is 5.53. The van der Waals surface area contributed by atoms with Crippen molar-refractivity contribution in [3.63, 3.8) is 0 Å². The lowest BCUT2D eigenvalue weighted by Gasteiger charge is -2.26. The van der Waals surface area contributed by atoms with E-state index in [2.05, 4.69) is 24.4 Å². The number of alkyl halides is 2. The van der Waals surface area contributed by atoms with Crippen LogP contribution in [0.4, 0.5) is 24.3 Å². The van der Waals surface area contributed by atoms with Gasteiger partial charge in [0.2, 0.25) is 25.4 Å². The van der Waals surface area contributed by atoms with Gasteiger partial charge in [0.1, 0.15) is 6.61 Å². The van der Waals surface area contributed by atoms with Crippen molar-refractivity contribution in [3.05, 3.63) is 6.33 Å². The Kier molecular flexibility index (Phi) is 11.3. The highest BCUT2D eigenvalue weighted by molar-refractivity contribution is 7.48. The number of aliphatic hydroxyl groups excluding tert-OH is 1. The summed E-state index contributed by atoms with van der Waals surface area (Å²) in [5, 5.41) is 10.7. The number of phosphoric ester groups is 1. The van der Waals surface area contributed by atoms with E-state index in [1.807, 2.05) is 0 Å². The summed E-state index contributed by atoms with van der Waals surface area (Å²) in [6.45, 7) is 5.12. The number of ether oxygens (including phenoxy) is 6. The van der Waals surface area contributed by atoms with E-state index >= 15 is 8.78 Å². The van der Waals surface area contributed by atoms with Crippen LogP contribution < -0.4 is 10.5 Å². The fraction of sp³-hybridized carbons (Fsp3) is 0.696. The number of aromatic nitrogens is 4.